The number of aliphatic hydroxyl groups is 10. The number of hydrogen-bond donors (Lipinski definition) is 11. The van der Waals surface area contributed by atoms with Crippen molar-refractivity contribution in [2.75, 3.05) is 179 Å². The summed E-state index contributed by atoms with van der Waals surface area (Å²) < 4.78 is 149. The fourth-order valence-corrected chi connectivity index (χ4v) is 14.8. The van der Waals surface area contributed by atoms with E-state index in [0.717, 1.165) is 5.92 Å². The van der Waals surface area contributed by atoms with Crippen LogP contribution in [-0.4, -0.2) is 316 Å². The number of unbranched alkanes of at least 4 members (excludes halogenated alkanes) is 9. The van der Waals surface area contributed by atoms with Crippen LogP contribution in [0.25, 0.3) is 0 Å². The van der Waals surface area contributed by atoms with Crippen LogP contribution in [0.1, 0.15) is 151 Å². The van der Waals surface area contributed by atoms with Crippen molar-refractivity contribution in [3.05, 3.63) is 0 Å². The lowest BCUT2D eigenvalue weighted by Gasteiger charge is -2.42. The molecule has 3 fully saturated rings. The van der Waals surface area contributed by atoms with Crippen molar-refractivity contribution >= 4 is 45.1 Å². The molecule has 0 radical (unpaired) electrons. The predicted octanol–water partition coefficient (Wildman–Crippen LogP) is 1.47. The molecule has 1 amide bonds. The molecule has 12 unspecified atom stereocenters. The topological polar surface area (TPSA) is 559 Å². The van der Waals surface area contributed by atoms with Gasteiger partial charge in [0.1, 0.15) is 48.8 Å². The Morgan fingerprint density at radius 2 is 0.717 bits per heavy atom. The van der Waals surface area contributed by atoms with Gasteiger partial charge in [-0.2, -0.15) is 0 Å². The third-order valence-electron chi connectivity index (χ3n) is 17.4. The molecule has 3 saturated heterocycles. The van der Waals surface area contributed by atoms with Crippen molar-refractivity contribution in [1.29, 1.82) is 0 Å². The summed E-state index contributed by atoms with van der Waals surface area (Å²) in [6.07, 6.45) is -6.42. The molecule has 21 atom stereocenters. The molecule has 0 bridgehead atoms. The van der Waals surface area contributed by atoms with E-state index in [2.05, 4.69) is 34.6 Å². The standard InChI is InChI=1S/C65H129NO38P5.C4H10/c1-48-56(72)58(74)52(39-68)102-62(48)91-28-11-5-8-14-31-94-106(78,79)96-35-19-25-88-44-65(47-101-108(82,83)98-34-18-24-87-43-51(38-67)42-86-23-17-22-85-4,46-90-27-21-37-100-109(84,105)99-33-16-10-7-12-29-92-63-49(2)57(73)59(75)53(40-69)103-63)45-89-26-20-36-97-107(80,81)95-32-15-9-6-13-30-93-64-55(66-50(3)71)61(77)60(76)54(41-70)104-64;1-4(2)3/h48-49,51-64,67-70,72-77,105H,5-47H2,1-4H3,(H4-,66,71,78,79,80,81,82,83,84);4H,1-3H3/q-1;/p-3/t48?,49?,51?,52?,53?,54?,55?,56-,57-,58+,59+,60+,61-,62-,63-,64-,65?,109?;/m1./s1. The van der Waals surface area contributed by atoms with E-state index in [1.165, 1.54) is 6.92 Å². The maximum absolute atomic E-state index is 13.4. The van der Waals surface area contributed by atoms with Gasteiger partial charge in [-0.1, -0.05) is 81.7 Å². The first-order valence-electron chi connectivity index (χ1n) is 39.1. The van der Waals surface area contributed by atoms with Crippen molar-refractivity contribution in [1.82, 2.24) is 5.32 Å². The predicted molar refractivity (Wildman–Crippen MR) is 401 cm³/mol. The van der Waals surface area contributed by atoms with Crippen LogP contribution in [-0.2, 0) is 112 Å². The summed E-state index contributed by atoms with van der Waals surface area (Å²) in [7, 11) is -13.8. The molecule has 3 aliphatic heterocycles. The SMILES string of the molecule is CC(C)C.COCCCOCC(CO)COCCCOP(=O)([O-])OCC(COCCCOP(=O)([O-])OCCCCCCO[C@@H]1OC(CO)[C@H](O)[C@H](O)C1C)(COCCCOP(=O)([O-])OCCCCCCO[C@@H]1OC(CO)[C@H](O)[C@H](O)C1NC(C)=O)COCCCOP([O-])(=P)OCCCCCCO[C@@H]1OC(CO)[C@H](O)[C@H](O)C1C. The third-order valence-corrected chi connectivity index (χ3v) is 22.2. The Bertz CT molecular complexity index is 2480. The van der Waals surface area contributed by atoms with E-state index in [4.69, 9.17) is 93.0 Å². The second kappa shape index (κ2) is 62.6. The van der Waals surface area contributed by atoms with Crippen LogP contribution in [0.2, 0.25) is 0 Å². The monoisotopic (exact) mass is 1740 g/mol. The maximum atomic E-state index is 13.4. The summed E-state index contributed by atoms with van der Waals surface area (Å²) in [6.45, 7) is 7.44. The van der Waals surface area contributed by atoms with Crippen molar-refractivity contribution in [3.8, 4) is 0 Å². The molecule has 39 nitrogen and oxygen atoms in total. The average Bonchev–Trinajstić information content (AvgIpc) is 0.830. The molecule has 0 aromatic carbocycles. The van der Waals surface area contributed by atoms with E-state index in [1.807, 2.05) is 0 Å². The minimum Gasteiger partial charge on any atom is -0.785 e. The normalized spacial score (nSPS) is 27.2. The highest BCUT2D eigenvalue weighted by Crippen LogP contribution is 2.46. The second-order valence-electron chi connectivity index (χ2n) is 28.7. The van der Waals surface area contributed by atoms with Gasteiger partial charge in [0.25, 0.3) is 23.5 Å². The number of methoxy groups -OCH3 is 1. The first-order chi connectivity index (χ1) is 53.7. The number of phosphoric acid groups is 3. The zero-order chi connectivity index (χ0) is 84.1. The summed E-state index contributed by atoms with van der Waals surface area (Å²) in [5.41, 5.74) is -1.51. The van der Waals surface area contributed by atoms with Gasteiger partial charge in [-0.25, -0.2) is 0 Å². The summed E-state index contributed by atoms with van der Waals surface area (Å²) >= 11 is 0. The molecular weight excluding hydrogens is 1610 g/mol. The number of aliphatic hydroxyl groups excluding tert-OH is 10. The minimum absolute atomic E-state index is 0.0178. The molecular formula is C69H136NO38P5-4. The Labute approximate surface area is 668 Å². The zero-order valence-electron chi connectivity index (χ0n) is 66.9. The maximum Gasteiger partial charge on any atom is 0.267 e. The lowest BCUT2D eigenvalue weighted by Crippen LogP contribution is -2.64. The van der Waals surface area contributed by atoms with Gasteiger partial charge >= 0.3 is 0 Å². The van der Waals surface area contributed by atoms with Gasteiger partial charge in [-0.05, 0) is 76.5 Å². The van der Waals surface area contributed by atoms with Gasteiger partial charge in [0.2, 0.25) is 5.91 Å². The number of rotatable bonds is 69. The quantitative estimate of drug-likeness (QED) is 0.0303. The molecule has 11 N–H and O–H groups in total. The fraction of sp³-hybridized carbons (Fsp3) is 0.986. The van der Waals surface area contributed by atoms with E-state index < -0.39 is 167 Å². The first-order valence-corrected chi connectivity index (χ1v) is 46.4. The third kappa shape index (κ3) is 49.4. The first kappa shape index (κ1) is 109. The highest BCUT2D eigenvalue weighted by molar-refractivity contribution is 7.88. The number of carbonyl (C=O) groups excluding carboxylic acids is 1. The van der Waals surface area contributed by atoms with Crippen LogP contribution in [0, 0.1) is 29.1 Å². The van der Waals surface area contributed by atoms with Crippen molar-refractivity contribution in [3.63, 3.8) is 0 Å². The van der Waals surface area contributed by atoms with E-state index in [0.29, 0.717) is 96.7 Å². The fourth-order valence-electron chi connectivity index (χ4n) is 11.0. The highest BCUT2D eigenvalue weighted by Gasteiger charge is 2.46. The van der Waals surface area contributed by atoms with E-state index in [-0.39, 0.29) is 157 Å². The molecule has 3 heterocycles. The largest absolute Gasteiger partial charge is 0.785 e. The van der Waals surface area contributed by atoms with Gasteiger partial charge in [-0.3, -0.25) is 18.5 Å². The molecule has 0 spiro atoms. The molecule has 0 aliphatic carbocycles. The minimum atomic E-state index is -5.12. The summed E-state index contributed by atoms with van der Waals surface area (Å²) in [6, 6.07) is -1.10. The number of phosphoric ester groups is 3. The lowest BCUT2D eigenvalue weighted by atomic mass is 9.92. The molecule has 0 saturated carbocycles. The molecule has 3 aliphatic rings. The Morgan fingerprint density at radius 1 is 0.416 bits per heavy atom. The van der Waals surface area contributed by atoms with Crippen LogP contribution in [0.15, 0.2) is 0 Å². The lowest BCUT2D eigenvalue weighted by molar-refractivity contribution is -0.282. The highest BCUT2D eigenvalue weighted by atomic mass is 31.8. The second-order valence-corrected chi connectivity index (χ2v) is 36.1. The van der Waals surface area contributed by atoms with Gasteiger partial charge < -0.3 is 169 Å². The summed E-state index contributed by atoms with van der Waals surface area (Å²) in [5, 5.41) is 102. The smallest absolute Gasteiger partial charge is 0.267 e. The number of hydrogen-bond acceptors (Lipinski definition) is 38. The average molecular weight is 1740 g/mol. The molecule has 3 rings (SSSR count). The van der Waals surface area contributed by atoms with Crippen LogP contribution < -0.4 is 24.9 Å². The Kier molecular flexibility index (Phi) is 60.2. The van der Waals surface area contributed by atoms with Gasteiger partial charge in [-0.15, -0.1) is 0 Å². The number of nitrogens with one attached hydrogen (secondary N) is 1. The van der Waals surface area contributed by atoms with Gasteiger partial charge in [0, 0.05) is 91.2 Å². The van der Waals surface area contributed by atoms with Gasteiger partial charge in [0.05, 0.1) is 137 Å². The number of ether oxygens (including phenoxy) is 12. The van der Waals surface area contributed by atoms with Crippen molar-refractivity contribution in [2.24, 2.45) is 29.1 Å². The van der Waals surface area contributed by atoms with E-state index in [1.54, 1.807) is 21.0 Å². The van der Waals surface area contributed by atoms with Crippen LogP contribution in [0.3, 0.4) is 0 Å². The Balaban J connectivity index is 0.0000106. The van der Waals surface area contributed by atoms with E-state index in [9.17, 15) is 89.1 Å². The number of amides is 1. The molecule has 0 aromatic rings. The molecule has 113 heavy (non-hydrogen) atoms. The van der Waals surface area contributed by atoms with Crippen LogP contribution >= 0.6 is 39.2 Å². The van der Waals surface area contributed by atoms with Crippen LogP contribution in [0.4, 0.5) is 0 Å². The van der Waals surface area contributed by atoms with Crippen molar-refractivity contribution in [2.45, 2.75) is 231 Å². The van der Waals surface area contributed by atoms with Gasteiger partial charge in [0.15, 0.2) is 18.9 Å². The van der Waals surface area contributed by atoms with E-state index >= 15 is 0 Å². The van der Waals surface area contributed by atoms with Crippen LogP contribution in [0.5, 0.6) is 0 Å². The zero-order valence-corrected chi connectivity index (χ0v) is 71.5. The number of carbonyl (C=O) groups is 1. The Morgan fingerprint density at radius 3 is 1.07 bits per heavy atom. The molecule has 44 heteroatoms. The Hall–Kier alpha value is -0.470. The van der Waals surface area contributed by atoms with Crippen molar-refractivity contribution < 1.29 is 182 Å². The molecule has 0 aromatic heterocycles. The molecule has 674 valence electrons. The summed E-state index contributed by atoms with van der Waals surface area (Å²) in [5.74, 6) is -1.09. The summed E-state index contributed by atoms with van der Waals surface area (Å²) in [4.78, 5) is 63.8.